The highest BCUT2D eigenvalue weighted by molar-refractivity contribution is 4.84. The first kappa shape index (κ1) is 7.98. The number of likely N-dealkylation sites (tertiary alicyclic amines) is 1. The third-order valence-electron chi connectivity index (χ3n) is 2.24. The van der Waals surface area contributed by atoms with Crippen LogP contribution < -0.4 is 11.5 Å². The van der Waals surface area contributed by atoms with Crippen molar-refractivity contribution in [3.63, 3.8) is 0 Å². The molecule has 2 unspecified atom stereocenters. The van der Waals surface area contributed by atoms with Gasteiger partial charge in [0, 0.05) is 18.6 Å². The molecule has 1 heterocycles. The Kier molecular flexibility index (Phi) is 2.65. The topological polar surface area (TPSA) is 55.3 Å². The monoisotopic (exact) mass is 143 g/mol. The molecular formula is C7H17N3. The number of nitrogens with zero attached hydrogens (tertiary/aromatic N) is 1. The number of hydrogen-bond donors (Lipinski definition) is 2. The zero-order valence-electron chi connectivity index (χ0n) is 6.59. The van der Waals surface area contributed by atoms with Crippen molar-refractivity contribution in [3.05, 3.63) is 0 Å². The molecule has 3 nitrogen and oxygen atoms in total. The van der Waals surface area contributed by atoms with Gasteiger partial charge in [-0.15, -0.1) is 0 Å². The Morgan fingerprint density at radius 1 is 1.40 bits per heavy atom. The molecule has 0 saturated carbocycles. The molecule has 60 valence electrons. The molecule has 1 aliphatic rings. The van der Waals surface area contributed by atoms with Crippen LogP contribution in [0.5, 0.6) is 0 Å². The van der Waals surface area contributed by atoms with Crippen molar-refractivity contribution in [2.45, 2.75) is 25.4 Å². The maximum atomic E-state index is 5.78. The second-order valence-corrected chi connectivity index (χ2v) is 3.01. The van der Waals surface area contributed by atoms with Crippen LogP contribution >= 0.6 is 0 Å². The van der Waals surface area contributed by atoms with Crippen LogP contribution in [0.3, 0.4) is 0 Å². The highest BCUT2D eigenvalue weighted by Crippen LogP contribution is 2.06. The molecule has 0 aromatic heterocycles. The first-order valence-corrected chi connectivity index (χ1v) is 3.97. The van der Waals surface area contributed by atoms with Gasteiger partial charge < -0.3 is 16.4 Å². The minimum absolute atomic E-state index is 0.189. The molecule has 4 N–H and O–H groups in total. The Morgan fingerprint density at radius 2 is 2.10 bits per heavy atom. The summed E-state index contributed by atoms with van der Waals surface area (Å²) < 4.78 is 0. The van der Waals surface area contributed by atoms with Crippen LogP contribution in [0.4, 0.5) is 0 Å². The van der Waals surface area contributed by atoms with Crippen molar-refractivity contribution in [3.8, 4) is 0 Å². The average Bonchev–Trinajstić information content (AvgIpc) is 1.95. The van der Waals surface area contributed by atoms with Crippen LogP contribution in [-0.4, -0.2) is 36.6 Å². The predicted octanol–water partition coefficient (Wildman–Crippen LogP) is -0.633. The van der Waals surface area contributed by atoms with Gasteiger partial charge in [0.2, 0.25) is 0 Å². The standard InChI is InChI=1S/C7H17N3/c1-2-10-4-3-6(8)7(9)5-10/h6-7H,2-5,8-9H2,1H3. The molecule has 0 amide bonds. The van der Waals surface area contributed by atoms with Gasteiger partial charge in [-0.1, -0.05) is 6.92 Å². The van der Waals surface area contributed by atoms with Gasteiger partial charge >= 0.3 is 0 Å². The highest BCUT2D eigenvalue weighted by atomic mass is 15.1. The fraction of sp³-hybridized carbons (Fsp3) is 1.00. The molecule has 0 radical (unpaired) electrons. The van der Waals surface area contributed by atoms with Crippen LogP contribution in [0.2, 0.25) is 0 Å². The molecule has 3 heteroatoms. The van der Waals surface area contributed by atoms with E-state index in [0.29, 0.717) is 0 Å². The molecule has 1 rings (SSSR count). The molecule has 0 aliphatic carbocycles. The SMILES string of the molecule is CCN1CCC(N)C(N)C1. The maximum Gasteiger partial charge on any atom is 0.0322 e. The zero-order chi connectivity index (χ0) is 7.56. The molecule has 0 aromatic rings. The predicted molar refractivity (Wildman–Crippen MR) is 42.7 cm³/mol. The van der Waals surface area contributed by atoms with Crippen LogP contribution in [0.25, 0.3) is 0 Å². The third-order valence-corrected chi connectivity index (χ3v) is 2.24. The van der Waals surface area contributed by atoms with E-state index in [1.807, 2.05) is 0 Å². The van der Waals surface area contributed by atoms with E-state index < -0.39 is 0 Å². The largest absolute Gasteiger partial charge is 0.326 e. The molecule has 2 atom stereocenters. The lowest BCUT2D eigenvalue weighted by Gasteiger charge is -2.33. The first-order chi connectivity index (χ1) is 4.74. The lowest BCUT2D eigenvalue weighted by Crippen LogP contribution is -2.54. The molecule has 0 aromatic carbocycles. The summed E-state index contributed by atoms with van der Waals surface area (Å²) in [5.41, 5.74) is 11.5. The van der Waals surface area contributed by atoms with Crippen molar-refractivity contribution < 1.29 is 0 Å². The first-order valence-electron chi connectivity index (χ1n) is 3.97. The normalized spacial score (nSPS) is 36.3. The van der Waals surface area contributed by atoms with E-state index in [1.165, 1.54) is 0 Å². The van der Waals surface area contributed by atoms with E-state index in [-0.39, 0.29) is 12.1 Å². The minimum Gasteiger partial charge on any atom is -0.326 e. The van der Waals surface area contributed by atoms with Gasteiger partial charge in [0.05, 0.1) is 0 Å². The second kappa shape index (κ2) is 3.32. The molecule has 10 heavy (non-hydrogen) atoms. The van der Waals surface area contributed by atoms with Crippen molar-refractivity contribution in [1.82, 2.24) is 4.90 Å². The molecule has 1 saturated heterocycles. The van der Waals surface area contributed by atoms with E-state index in [0.717, 1.165) is 26.1 Å². The highest BCUT2D eigenvalue weighted by Gasteiger charge is 2.21. The van der Waals surface area contributed by atoms with Gasteiger partial charge in [-0.25, -0.2) is 0 Å². The van der Waals surface area contributed by atoms with Crippen molar-refractivity contribution in [2.24, 2.45) is 11.5 Å². The summed E-state index contributed by atoms with van der Waals surface area (Å²) >= 11 is 0. The Hall–Kier alpha value is -0.120. The Labute approximate surface area is 62.4 Å². The van der Waals surface area contributed by atoms with Gasteiger partial charge in [-0.3, -0.25) is 0 Å². The van der Waals surface area contributed by atoms with Gasteiger partial charge in [-0.05, 0) is 19.5 Å². The van der Waals surface area contributed by atoms with Crippen molar-refractivity contribution >= 4 is 0 Å². The zero-order valence-corrected chi connectivity index (χ0v) is 6.59. The smallest absolute Gasteiger partial charge is 0.0322 e. The number of rotatable bonds is 1. The van der Waals surface area contributed by atoms with E-state index >= 15 is 0 Å². The number of hydrogen-bond acceptors (Lipinski definition) is 3. The van der Waals surface area contributed by atoms with Crippen LogP contribution in [0.15, 0.2) is 0 Å². The van der Waals surface area contributed by atoms with E-state index in [1.54, 1.807) is 0 Å². The summed E-state index contributed by atoms with van der Waals surface area (Å²) in [6.45, 7) is 5.34. The summed E-state index contributed by atoms with van der Waals surface area (Å²) in [5.74, 6) is 0. The lowest BCUT2D eigenvalue weighted by molar-refractivity contribution is 0.201. The van der Waals surface area contributed by atoms with E-state index in [2.05, 4.69) is 11.8 Å². The summed E-state index contributed by atoms with van der Waals surface area (Å²) in [6.07, 6.45) is 1.05. The Morgan fingerprint density at radius 3 is 2.60 bits per heavy atom. The fourth-order valence-electron chi connectivity index (χ4n) is 1.36. The average molecular weight is 143 g/mol. The van der Waals surface area contributed by atoms with Gasteiger partial charge in [0.25, 0.3) is 0 Å². The van der Waals surface area contributed by atoms with Gasteiger partial charge in [0.15, 0.2) is 0 Å². The Balaban J connectivity index is 2.33. The van der Waals surface area contributed by atoms with Crippen LogP contribution in [-0.2, 0) is 0 Å². The van der Waals surface area contributed by atoms with E-state index in [9.17, 15) is 0 Å². The summed E-state index contributed by atoms with van der Waals surface area (Å²) in [7, 11) is 0. The third kappa shape index (κ3) is 1.68. The van der Waals surface area contributed by atoms with Crippen LogP contribution in [0, 0.1) is 0 Å². The quantitative estimate of drug-likeness (QED) is 0.513. The van der Waals surface area contributed by atoms with E-state index in [4.69, 9.17) is 11.5 Å². The Bertz CT molecular complexity index is 105. The fourth-order valence-corrected chi connectivity index (χ4v) is 1.36. The maximum absolute atomic E-state index is 5.78. The van der Waals surface area contributed by atoms with Crippen molar-refractivity contribution in [2.75, 3.05) is 19.6 Å². The van der Waals surface area contributed by atoms with Crippen LogP contribution in [0.1, 0.15) is 13.3 Å². The minimum atomic E-state index is 0.189. The second-order valence-electron chi connectivity index (χ2n) is 3.01. The number of likely N-dealkylation sites (N-methyl/N-ethyl adjacent to an activating group) is 1. The number of nitrogens with two attached hydrogens (primary N) is 2. The molecule has 1 aliphatic heterocycles. The molecule has 0 bridgehead atoms. The number of piperidine rings is 1. The van der Waals surface area contributed by atoms with Gasteiger partial charge in [-0.2, -0.15) is 0 Å². The molecule has 1 fully saturated rings. The van der Waals surface area contributed by atoms with Crippen molar-refractivity contribution in [1.29, 1.82) is 0 Å². The summed E-state index contributed by atoms with van der Waals surface area (Å²) in [5, 5.41) is 0. The van der Waals surface area contributed by atoms with Gasteiger partial charge in [0.1, 0.15) is 0 Å². The lowest BCUT2D eigenvalue weighted by atomic mass is 10.0. The summed E-state index contributed by atoms with van der Waals surface area (Å²) in [4.78, 5) is 2.34. The molecular weight excluding hydrogens is 126 g/mol. The molecule has 0 spiro atoms. The summed E-state index contributed by atoms with van der Waals surface area (Å²) in [6, 6.07) is 0.413.